The molecule has 0 bridgehead atoms. The summed E-state index contributed by atoms with van der Waals surface area (Å²) in [5, 5.41) is 14.0. The Labute approximate surface area is 163 Å². The highest BCUT2D eigenvalue weighted by molar-refractivity contribution is 6.30. The molecule has 0 aromatic heterocycles. The molecule has 142 valence electrons. The minimum atomic E-state index is -0.459. The van der Waals surface area contributed by atoms with Crippen molar-refractivity contribution in [2.24, 2.45) is 0 Å². The van der Waals surface area contributed by atoms with Crippen LogP contribution in [0.1, 0.15) is 24.0 Å². The summed E-state index contributed by atoms with van der Waals surface area (Å²) < 4.78 is 6.02. The number of carbonyl (C=O) groups is 1. The Hall–Kier alpha value is -2.08. The number of fused-ring (bicyclic) bond motifs is 1. The molecule has 0 saturated carbocycles. The van der Waals surface area contributed by atoms with Gasteiger partial charge in [-0.05, 0) is 60.7 Å². The first-order valence-corrected chi connectivity index (χ1v) is 9.70. The predicted molar refractivity (Wildman–Crippen MR) is 105 cm³/mol. The standard InChI is InChI=1S/C21H23ClN2O3/c22-16-5-1-14(2-6-16)3-10-21(26)24-12-18(13-24)27-17-7-8-19-15(11-17)4-9-20(25)23-19/h1-2,5-8,11,18,21,26H,3-4,9-10,12-13H2,(H,23,25). The van der Waals surface area contributed by atoms with E-state index in [4.69, 9.17) is 16.3 Å². The molecular weight excluding hydrogens is 364 g/mol. The number of rotatable bonds is 6. The third-order valence-electron chi connectivity index (χ3n) is 5.18. The molecule has 27 heavy (non-hydrogen) atoms. The van der Waals surface area contributed by atoms with Crippen LogP contribution in [0.25, 0.3) is 0 Å². The first-order valence-electron chi connectivity index (χ1n) is 9.33. The van der Waals surface area contributed by atoms with E-state index in [1.165, 1.54) is 5.56 Å². The summed E-state index contributed by atoms with van der Waals surface area (Å²) in [7, 11) is 0. The van der Waals surface area contributed by atoms with Gasteiger partial charge < -0.3 is 15.2 Å². The molecular formula is C21H23ClN2O3. The number of amides is 1. The number of halogens is 1. The molecule has 0 radical (unpaired) electrons. The topological polar surface area (TPSA) is 61.8 Å². The summed E-state index contributed by atoms with van der Waals surface area (Å²) >= 11 is 5.89. The molecule has 1 amide bonds. The van der Waals surface area contributed by atoms with Gasteiger partial charge in [0.05, 0.1) is 0 Å². The van der Waals surface area contributed by atoms with Gasteiger partial charge in [-0.25, -0.2) is 0 Å². The number of carbonyl (C=O) groups excluding carboxylic acids is 1. The first-order chi connectivity index (χ1) is 13.1. The van der Waals surface area contributed by atoms with Crippen molar-refractivity contribution in [3.8, 4) is 5.75 Å². The third kappa shape index (κ3) is 4.43. The molecule has 1 saturated heterocycles. The minimum Gasteiger partial charge on any atom is -0.488 e. The van der Waals surface area contributed by atoms with Gasteiger partial charge in [0.15, 0.2) is 0 Å². The molecule has 1 atom stereocenters. The van der Waals surface area contributed by atoms with Crippen molar-refractivity contribution in [2.75, 3.05) is 18.4 Å². The van der Waals surface area contributed by atoms with Crippen molar-refractivity contribution < 1.29 is 14.6 Å². The molecule has 0 spiro atoms. The van der Waals surface area contributed by atoms with Crippen LogP contribution in [-0.2, 0) is 17.6 Å². The van der Waals surface area contributed by atoms with Gasteiger partial charge in [0.1, 0.15) is 18.1 Å². The Morgan fingerprint density at radius 1 is 1.19 bits per heavy atom. The summed E-state index contributed by atoms with van der Waals surface area (Å²) in [6, 6.07) is 13.5. The smallest absolute Gasteiger partial charge is 0.224 e. The molecule has 6 heteroatoms. The van der Waals surface area contributed by atoms with Crippen LogP contribution in [0, 0.1) is 0 Å². The van der Waals surface area contributed by atoms with Gasteiger partial charge in [-0.15, -0.1) is 0 Å². The lowest BCUT2D eigenvalue weighted by atomic mass is 10.0. The SMILES string of the molecule is O=C1CCc2cc(OC3CN(C(O)CCc4ccc(Cl)cc4)C3)ccc2N1. The maximum absolute atomic E-state index is 11.4. The van der Waals surface area contributed by atoms with E-state index in [9.17, 15) is 9.90 Å². The Kier molecular flexibility index (Phi) is 5.34. The molecule has 1 fully saturated rings. The number of nitrogens with one attached hydrogen (secondary N) is 1. The van der Waals surface area contributed by atoms with Gasteiger partial charge in [0.2, 0.25) is 5.91 Å². The van der Waals surface area contributed by atoms with Crippen LogP contribution in [0.5, 0.6) is 5.75 Å². The summed E-state index contributed by atoms with van der Waals surface area (Å²) in [6.45, 7) is 1.44. The molecule has 1 unspecified atom stereocenters. The highest BCUT2D eigenvalue weighted by Crippen LogP contribution is 2.28. The number of benzene rings is 2. The lowest BCUT2D eigenvalue weighted by Gasteiger charge is -2.42. The first kappa shape index (κ1) is 18.3. The van der Waals surface area contributed by atoms with Gasteiger partial charge in [-0.1, -0.05) is 23.7 Å². The van der Waals surface area contributed by atoms with Crippen molar-refractivity contribution in [2.45, 2.75) is 38.0 Å². The van der Waals surface area contributed by atoms with Gasteiger partial charge in [0.25, 0.3) is 0 Å². The monoisotopic (exact) mass is 386 g/mol. The maximum atomic E-state index is 11.4. The number of anilines is 1. The fourth-order valence-corrected chi connectivity index (χ4v) is 3.67. The normalized spacial score (nSPS) is 18.4. The van der Waals surface area contributed by atoms with Crippen LogP contribution in [0.2, 0.25) is 5.02 Å². The number of hydrogen-bond donors (Lipinski definition) is 2. The van der Waals surface area contributed by atoms with Crippen molar-refractivity contribution in [3.63, 3.8) is 0 Å². The lowest BCUT2D eigenvalue weighted by Crippen LogP contribution is -2.57. The molecule has 2 N–H and O–H groups in total. The number of hydrogen-bond acceptors (Lipinski definition) is 4. The molecule has 0 aliphatic carbocycles. The fraction of sp³-hybridized carbons (Fsp3) is 0.381. The predicted octanol–water partition coefficient (Wildman–Crippen LogP) is 3.24. The maximum Gasteiger partial charge on any atom is 0.224 e. The number of likely N-dealkylation sites (tertiary alicyclic amines) is 1. The molecule has 2 aliphatic rings. The molecule has 2 aliphatic heterocycles. The summed E-state index contributed by atoms with van der Waals surface area (Å²) in [4.78, 5) is 13.5. The quantitative estimate of drug-likeness (QED) is 0.800. The molecule has 4 rings (SSSR count). The van der Waals surface area contributed by atoms with Crippen LogP contribution in [0.4, 0.5) is 5.69 Å². The van der Waals surface area contributed by atoms with E-state index in [1.807, 2.05) is 47.4 Å². The van der Waals surface area contributed by atoms with Crippen molar-refractivity contribution >= 4 is 23.2 Å². The van der Waals surface area contributed by atoms with Crippen LogP contribution in [0.15, 0.2) is 42.5 Å². The van der Waals surface area contributed by atoms with E-state index in [2.05, 4.69) is 5.32 Å². The summed E-state index contributed by atoms with van der Waals surface area (Å²) in [5.74, 6) is 0.892. The Morgan fingerprint density at radius 3 is 2.74 bits per heavy atom. The summed E-state index contributed by atoms with van der Waals surface area (Å²) in [5.41, 5.74) is 3.17. The van der Waals surface area contributed by atoms with Crippen LogP contribution < -0.4 is 10.1 Å². The average Bonchev–Trinajstić information content (AvgIpc) is 2.63. The van der Waals surface area contributed by atoms with Crippen LogP contribution >= 0.6 is 11.6 Å². The van der Waals surface area contributed by atoms with Crippen LogP contribution in [-0.4, -0.2) is 41.3 Å². The largest absolute Gasteiger partial charge is 0.488 e. The highest BCUT2D eigenvalue weighted by atomic mass is 35.5. The zero-order valence-electron chi connectivity index (χ0n) is 15.0. The summed E-state index contributed by atoms with van der Waals surface area (Å²) in [6.07, 6.45) is 2.40. The number of aliphatic hydroxyl groups excluding tert-OH is 1. The third-order valence-corrected chi connectivity index (χ3v) is 5.43. The number of nitrogens with zero attached hydrogens (tertiary/aromatic N) is 1. The second kappa shape index (κ2) is 7.89. The van der Waals surface area contributed by atoms with Crippen LogP contribution in [0.3, 0.4) is 0 Å². The van der Waals surface area contributed by atoms with Gasteiger partial charge >= 0.3 is 0 Å². The number of aliphatic hydroxyl groups is 1. The molecule has 5 nitrogen and oxygen atoms in total. The van der Waals surface area contributed by atoms with Gasteiger partial charge in [-0.2, -0.15) is 0 Å². The van der Waals surface area contributed by atoms with E-state index >= 15 is 0 Å². The Balaban J connectivity index is 1.23. The van der Waals surface area contributed by atoms with E-state index in [0.717, 1.165) is 48.0 Å². The van der Waals surface area contributed by atoms with Crippen molar-refractivity contribution in [1.82, 2.24) is 4.90 Å². The van der Waals surface area contributed by atoms with Crippen molar-refractivity contribution in [3.05, 3.63) is 58.6 Å². The highest BCUT2D eigenvalue weighted by Gasteiger charge is 2.33. The van der Waals surface area contributed by atoms with E-state index in [-0.39, 0.29) is 12.0 Å². The Bertz CT molecular complexity index is 819. The average molecular weight is 387 g/mol. The van der Waals surface area contributed by atoms with Gasteiger partial charge in [0, 0.05) is 30.2 Å². The van der Waals surface area contributed by atoms with E-state index in [0.29, 0.717) is 12.8 Å². The van der Waals surface area contributed by atoms with E-state index < -0.39 is 6.23 Å². The molecule has 2 aromatic rings. The van der Waals surface area contributed by atoms with E-state index in [1.54, 1.807) is 0 Å². The lowest BCUT2D eigenvalue weighted by molar-refractivity contribution is -0.116. The van der Waals surface area contributed by atoms with Gasteiger partial charge in [-0.3, -0.25) is 9.69 Å². The number of aryl methyl sites for hydroxylation is 2. The van der Waals surface area contributed by atoms with Crippen molar-refractivity contribution in [1.29, 1.82) is 0 Å². The Morgan fingerprint density at radius 2 is 1.96 bits per heavy atom. The zero-order chi connectivity index (χ0) is 18.8. The zero-order valence-corrected chi connectivity index (χ0v) is 15.8. The molecule has 2 aromatic carbocycles. The number of ether oxygens (including phenoxy) is 1. The second-order valence-electron chi connectivity index (χ2n) is 7.21. The molecule has 2 heterocycles. The fourth-order valence-electron chi connectivity index (χ4n) is 3.54. The second-order valence-corrected chi connectivity index (χ2v) is 7.64. The minimum absolute atomic E-state index is 0.0680.